The molecule has 1 amide bonds. The Morgan fingerprint density at radius 1 is 0.862 bits per heavy atom. The van der Waals surface area contributed by atoms with Gasteiger partial charge in [0.15, 0.2) is 6.29 Å². The summed E-state index contributed by atoms with van der Waals surface area (Å²) in [5.41, 5.74) is 2.80. The summed E-state index contributed by atoms with van der Waals surface area (Å²) in [5, 5.41) is 12.1. The lowest BCUT2D eigenvalue weighted by molar-refractivity contribution is 0.0704. The molecule has 0 unspecified atom stereocenters. The van der Waals surface area contributed by atoms with E-state index in [1.807, 2.05) is 0 Å². The quantitative estimate of drug-likeness (QED) is 0.113. The molecule has 164 valence electrons. The maximum absolute atomic E-state index is 11.6. The molecule has 0 aliphatic carbocycles. The van der Waals surface area contributed by atoms with Gasteiger partial charge >= 0.3 is 0 Å². The molecule has 0 aromatic heterocycles. The van der Waals surface area contributed by atoms with E-state index in [4.69, 9.17) is 5.21 Å². The minimum Gasteiger partial charge on any atom is -0.385 e. The summed E-state index contributed by atoms with van der Waals surface area (Å²) in [6.07, 6.45) is 19.3. The van der Waals surface area contributed by atoms with Gasteiger partial charge in [0.1, 0.15) is 0 Å². The van der Waals surface area contributed by atoms with Gasteiger partial charge in [-0.05, 0) is 24.6 Å². The van der Waals surface area contributed by atoms with Gasteiger partial charge in [-0.3, -0.25) is 14.8 Å². The molecule has 0 atom stereocenters. The fourth-order valence-electron chi connectivity index (χ4n) is 3.58. The first-order chi connectivity index (χ1) is 14.2. The second-order valence-corrected chi connectivity index (χ2v) is 7.88. The van der Waals surface area contributed by atoms with Crippen LogP contribution in [0.3, 0.4) is 0 Å². The number of hydroxylamine groups is 1. The minimum absolute atomic E-state index is 0.174. The molecule has 1 aromatic carbocycles. The van der Waals surface area contributed by atoms with Crippen molar-refractivity contribution < 1.29 is 14.8 Å². The Morgan fingerprint density at radius 3 is 1.86 bits per heavy atom. The molecule has 29 heavy (non-hydrogen) atoms. The lowest BCUT2D eigenvalue weighted by atomic mass is 10.0. The molecule has 0 aliphatic rings. The van der Waals surface area contributed by atoms with Gasteiger partial charge < -0.3 is 5.32 Å². The Morgan fingerprint density at radius 2 is 1.38 bits per heavy atom. The van der Waals surface area contributed by atoms with Gasteiger partial charge in [0.2, 0.25) is 0 Å². The molecule has 0 aliphatic heterocycles. The minimum atomic E-state index is -0.674. The number of hydrogen-bond donors (Lipinski definition) is 3. The van der Waals surface area contributed by atoms with Crippen molar-refractivity contribution in [2.75, 3.05) is 11.9 Å². The van der Waals surface area contributed by atoms with Crippen LogP contribution in [-0.4, -0.2) is 23.9 Å². The highest BCUT2D eigenvalue weighted by molar-refractivity contribution is 6.01. The number of amides is 1. The zero-order valence-corrected chi connectivity index (χ0v) is 18.2. The van der Waals surface area contributed by atoms with Crippen molar-refractivity contribution in [3.05, 3.63) is 29.3 Å². The highest BCUT2D eigenvalue weighted by Crippen LogP contribution is 2.16. The topological polar surface area (TPSA) is 78.4 Å². The standard InChI is InChI=1S/C24H40N2O3/c1-2-3-4-5-6-7-8-9-10-11-12-13-14-15-18-25-22-17-16-21(20-27)23(19-22)24(28)26-29/h16-17,19-20,25,29H,2-15,18H2,1H3,(H,26,28). The van der Waals surface area contributed by atoms with Crippen LogP contribution in [0.2, 0.25) is 0 Å². The zero-order valence-electron chi connectivity index (χ0n) is 18.2. The summed E-state index contributed by atoms with van der Waals surface area (Å²) in [6.45, 7) is 3.10. The summed E-state index contributed by atoms with van der Waals surface area (Å²) in [5.74, 6) is -0.674. The average molecular weight is 405 g/mol. The second kappa shape index (κ2) is 17.0. The number of carbonyl (C=O) groups is 2. The molecule has 0 saturated heterocycles. The van der Waals surface area contributed by atoms with Crippen LogP contribution >= 0.6 is 0 Å². The van der Waals surface area contributed by atoms with Gasteiger partial charge in [0.25, 0.3) is 5.91 Å². The van der Waals surface area contributed by atoms with Crippen LogP contribution in [-0.2, 0) is 0 Å². The Labute approximate surface area is 176 Å². The third kappa shape index (κ3) is 11.6. The van der Waals surface area contributed by atoms with E-state index in [0.717, 1.165) is 18.7 Å². The molecule has 1 rings (SSSR count). The van der Waals surface area contributed by atoms with E-state index in [9.17, 15) is 9.59 Å². The molecule has 0 bridgehead atoms. The predicted molar refractivity (Wildman–Crippen MR) is 120 cm³/mol. The van der Waals surface area contributed by atoms with Gasteiger partial charge in [0.05, 0.1) is 5.56 Å². The molecule has 0 radical (unpaired) electrons. The van der Waals surface area contributed by atoms with Gasteiger partial charge in [-0.15, -0.1) is 0 Å². The number of anilines is 1. The highest BCUT2D eigenvalue weighted by Gasteiger charge is 2.11. The molecular weight excluding hydrogens is 364 g/mol. The summed E-state index contributed by atoms with van der Waals surface area (Å²) in [7, 11) is 0. The molecular formula is C24H40N2O3. The second-order valence-electron chi connectivity index (χ2n) is 7.88. The van der Waals surface area contributed by atoms with E-state index < -0.39 is 5.91 Å². The first-order valence-electron chi connectivity index (χ1n) is 11.5. The number of benzene rings is 1. The molecule has 0 fully saturated rings. The van der Waals surface area contributed by atoms with Crippen molar-refractivity contribution in [3.63, 3.8) is 0 Å². The van der Waals surface area contributed by atoms with Crippen molar-refractivity contribution in [2.24, 2.45) is 0 Å². The lowest BCUT2D eigenvalue weighted by Gasteiger charge is -2.09. The SMILES string of the molecule is CCCCCCCCCCCCCCCCNc1ccc(C=O)c(C(=O)NO)c1. The summed E-state index contributed by atoms with van der Waals surface area (Å²) < 4.78 is 0. The molecule has 5 nitrogen and oxygen atoms in total. The first kappa shape index (κ1) is 25.2. The van der Waals surface area contributed by atoms with Crippen LogP contribution in [0, 0.1) is 0 Å². The van der Waals surface area contributed by atoms with Crippen molar-refractivity contribution in [3.8, 4) is 0 Å². The number of rotatable bonds is 18. The Bertz CT molecular complexity index is 575. The van der Waals surface area contributed by atoms with Crippen LogP contribution in [0.5, 0.6) is 0 Å². The van der Waals surface area contributed by atoms with Crippen molar-refractivity contribution in [1.82, 2.24) is 5.48 Å². The smallest absolute Gasteiger partial charge is 0.275 e. The van der Waals surface area contributed by atoms with E-state index in [1.54, 1.807) is 23.7 Å². The van der Waals surface area contributed by atoms with E-state index in [0.29, 0.717) is 6.29 Å². The maximum atomic E-state index is 11.6. The number of unbranched alkanes of at least 4 members (excludes halogenated alkanes) is 13. The molecule has 3 N–H and O–H groups in total. The fourth-order valence-corrected chi connectivity index (χ4v) is 3.58. The van der Waals surface area contributed by atoms with Crippen molar-refractivity contribution in [1.29, 1.82) is 0 Å². The largest absolute Gasteiger partial charge is 0.385 e. The number of aldehydes is 1. The van der Waals surface area contributed by atoms with Crippen LogP contribution in [0.4, 0.5) is 5.69 Å². The lowest BCUT2D eigenvalue weighted by Crippen LogP contribution is -2.20. The van der Waals surface area contributed by atoms with Crippen LogP contribution in [0.1, 0.15) is 118 Å². The van der Waals surface area contributed by atoms with E-state index in [1.165, 1.54) is 83.5 Å². The average Bonchev–Trinajstić information content (AvgIpc) is 2.75. The fraction of sp³-hybridized carbons (Fsp3) is 0.667. The summed E-state index contributed by atoms with van der Waals surface area (Å²) >= 11 is 0. The zero-order chi connectivity index (χ0) is 21.2. The van der Waals surface area contributed by atoms with Crippen LogP contribution < -0.4 is 10.8 Å². The van der Waals surface area contributed by atoms with Crippen molar-refractivity contribution >= 4 is 17.9 Å². The Hall–Kier alpha value is -1.88. The van der Waals surface area contributed by atoms with Crippen molar-refractivity contribution in [2.45, 2.75) is 96.8 Å². The normalized spacial score (nSPS) is 10.7. The Balaban J connectivity index is 2.01. The van der Waals surface area contributed by atoms with E-state index >= 15 is 0 Å². The van der Waals surface area contributed by atoms with Gasteiger partial charge in [0, 0.05) is 17.8 Å². The predicted octanol–water partition coefficient (Wildman–Crippen LogP) is 6.51. The van der Waals surface area contributed by atoms with Crippen LogP contribution in [0.25, 0.3) is 0 Å². The van der Waals surface area contributed by atoms with Crippen LogP contribution in [0.15, 0.2) is 18.2 Å². The molecule has 1 aromatic rings. The molecule has 0 saturated carbocycles. The molecule has 0 spiro atoms. The van der Waals surface area contributed by atoms with Gasteiger partial charge in [-0.1, -0.05) is 90.4 Å². The van der Waals surface area contributed by atoms with Gasteiger partial charge in [-0.2, -0.15) is 0 Å². The van der Waals surface area contributed by atoms with Gasteiger partial charge in [-0.25, -0.2) is 5.48 Å². The summed E-state index contributed by atoms with van der Waals surface area (Å²) in [4.78, 5) is 22.6. The summed E-state index contributed by atoms with van der Waals surface area (Å²) in [6, 6.07) is 4.96. The molecule has 5 heteroatoms. The monoisotopic (exact) mass is 404 g/mol. The maximum Gasteiger partial charge on any atom is 0.275 e. The Kier molecular flexibility index (Phi) is 14.8. The first-order valence-corrected chi connectivity index (χ1v) is 11.5. The third-order valence-electron chi connectivity index (χ3n) is 5.39. The van der Waals surface area contributed by atoms with E-state index in [2.05, 4.69) is 12.2 Å². The molecule has 0 heterocycles. The number of carbonyl (C=O) groups excluding carboxylic acids is 2. The number of hydrogen-bond acceptors (Lipinski definition) is 4. The highest BCUT2D eigenvalue weighted by atomic mass is 16.5. The van der Waals surface area contributed by atoms with E-state index in [-0.39, 0.29) is 11.1 Å². The number of nitrogens with one attached hydrogen (secondary N) is 2. The third-order valence-corrected chi connectivity index (χ3v) is 5.39.